The van der Waals surface area contributed by atoms with Crippen LogP contribution in [-0.2, 0) is 11.2 Å². The van der Waals surface area contributed by atoms with Crippen molar-refractivity contribution in [3.05, 3.63) is 66.5 Å². The number of fused-ring (bicyclic) bond motifs is 1. The average Bonchev–Trinajstić information content (AvgIpc) is 3.12. The predicted octanol–water partition coefficient (Wildman–Crippen LogP) is 4.74. The van der Waals surface area contributed by atoms with Gasteiger partial charge in [0.05, 0.1) is 15.6 Å². The molecule has 2 amide bonds. The lowest BCUT2D eigenvalue weighted by Crippen LogP contribution is -2.28. The summed E-state index contributed by atoms with van der Waals surface area (Å²) in [4.78, 5) is 33.3. The third-order valence-corrected chi connectivity index (χ3v) is 6.06. The van der Waals surface area contributed by atoms with E-state index >= 15 is 0 Å². The van der Waals surface area contributed by atoms with Crippen LogP contribution >= 0.6 is 11.3 Å². The van der Waals surface area contributed by atoms with Gasteiger partial charge in [-0.1, -0.05) is 35.6 Å². The summed E-state index contributed by atoms with van der Waals surface area (Å²) < 4.78 is 0.967. The quantitative estimate of drug-likeness (QED) is 0.627. The summed E-state index contributed by atoms with van der Waals surface area (Å²) in [6, 6.07) is 7.70. The molecule has 1 aliphatic rings. The monoisotopic (exact) mass is 418 g/mol. The molecule has 2 N–H and O–H groups in total. The molecule has 0 spiro atoms. The largest absolute Gasteiger partial charge is 0.338 e. The zero-order chi connectivity index (χ0) is 21.1. The SMILES string of the molecule is CCNC(=O)Nc1nc2cc(CC3(C)C=CC=CC3=O)cc(-c3cccnc3)c2s1. The topological polar surface area (TPSA) is 84.0 Å². The molecule has 152 valence electrons. The normalized spacial score (nSPS) is 18.0. The molecular formula is C23H22N4O2S. The molecule has 1 atom stereocenters. The van der Waals surface area contributed by atoms with Gasteiger partial charge in [-0.05, 0) is 50.1 Å². The van der Waals surface area contributed by atoms with Crippen molar-refractivity contribution < 1.29 is 9.59 Å². The van der Waals surface area contributed by atoms with Crippen molar-refractivity contribution in [3.63, 3.8) is 0 Å². The number of ketones is 1. The molecule has 1 aliphatic carbocycles. The summed E-state index contributed by atoms with van der Waals surface area (Å²) in [5.74, 6) is 0.0879. The Kier molecular flexibility index (Phi) is 5.46. The number of nitrogens with one attached hydrogen (secondary N) is 2. The minimum Gasteiger partial charge on any atom is -0.338 e. The van der Waals surface area contributed by atoms with Gasteiger partial charge in [0.2, 0.25) is 0 Å². The molecule has 0 fully saturated rings. The minimum absolute atomic E-state index is 0.0879. The highest BCUT2D eigenvalue weighted by molar-refractivity contribution is 7.22. The number of hydrogen-bond acceptors (Lipinski definition) is 5. The van der Waals surface area contributed by atoms with Gasteiger partial charge in [0.15, 0.2) is 10.9 Å². The first kappa shape index (κ1) is 20.0. The number of aromatic nitrogens is 2. The molecule has 1 aromatic carbocycles. The summed E-state index contributed by atoms with van der Waals surface area (Å²) in [5, 5.41) is 6.04. The molecule has 0 bridgehead atoms. The Morgan fingerprint density at radius 2 is 2.13 bits per heavy atom. The van der Waals surface area contributed by atoms with Crippen LogP contribution in [0.2, 0.25) is 0 Å². The third kappa shape index (κ3) is 4.02. The average molecular weight is 419 g/mol. The fraction of sp³-hybridized carbons (Fsp3) is 0.217. The van der Waals surface area contributed by atoms with Crippen LogP contribution in [0, 0.1) is 5.41 Å². The summed E-state index contributed by atoms with van der Waals surface area (Å²) in [7, 11) is 0. The van der Waals surface area contributed by atoms with Gasteiger partial charge in [-0.3, -0.25) is 15.1 Å². The smallest absolute Gasteiger partial charge is 0.321 e. The van der Waals surface area contributed by atoms with E-state index < -0.39 is 5.41 Å². The Morgan fingerprint density at radius 3 is 2.87 bits per heavy atom. The summed E-state index contributed by atoms with van der Waals surface area (Å²) in [6.07, 6.45) is 11.4. The van der Waals surface area contributed by atoms with Crippen molar-refractivity contribution in [1.29, 1.82) is 0 Å². The van der Waals surface area contributed by atoms with Gasteiger partial charge in [-0.15, -0.1) is 0 Å². The first-order valence-corrected chi connectivity index (χ1v) is 10.6. The maximum absolute atomic E-state index is 12.5. The van der Waals surface area contributed by atoms with Gasteiger partial charge >= 0.3 is 6.03 Å². The van der Waals surface area contributed by atoms with Gasteiger partial charge in [0.1, 0.15) is 0 Å². The number of allylic oxidation sites excluding steroid dienone is 4. The van der Waals surface area contributed by atoms with Gasteiger partial charge in [-0.25, -0.2) is 9.78 Å². The molecule has 1 unspecified atom stereocenters. The number of thiazole rings is 1. The number of pyridine rings is 1. The molecule has 30 heavy (non-hydrogen) atoms. The molecule has 0 saturated carbocycles. The van der Waals surface area contributed by atoms with E-state index in [9.17, 15) is 9.59 Å². The number of urea groups is 1. The Labute approximate surface area is 178 Å². The van der Waals surface area contributed by atoms with Gasteiger partial charge in [0.25, 0.3) is 0 Å². The highest BCUT2D eigenvalue weighted by Gasteiger charge is 2.30. The number of rotatable bonds is 5. The predicted molar refractivity (Wildman–Crippen MR) is 121 cm³/mol. The Morgan fingerprint density at radius 1 is 1.27 bits per heavy atom. The fourth-order valence-electron chi connectivity index (χ4n) is 3.54. The van der Waals surface area contributed by atoms with Crippen molar-refractivity contribution in [1.82, 2.24) is 15.3 Å². The molecule has 7 heteroatoms. The molecule has 0 aliphatic heterocycles. The van der Waals surface area contributed by atoms with Crippen LogP contribution in [-0.4, -0.2) is 28.3 Å². The number of nitrogens with zero attached hydrogens (tertiary/aromatic N) is 2. The Bertz CT molecular complexity index is 1170. The second-order valence-corrected chi connectivity index (χ2v) is 8.41. The van der Waals surface area contributed by atoms with Crippen LogP contribution in [0.3, 0.4) is 0 Å². The summed E-state index contributed by atoms with van der Waals surface area (Å²) in [6.45, 7) is 4.35. The van der Waals surface area contributed by atoms with Gasteiger partial charge in [-0.2, -0.15) is 0 Å². The molecule has 3 aromatic rings. The molecule has 0 radical (unpaired) electrons. The van der Waals surface area contributed by atoms with E-state index in [-0.39, 0.29) is 11.8 Å². The molecule has 4 rings (SSSR count). The summed E-state index contributed by atoms with van der Waals surface area (Å²) in [5.41, 5.74) is 3.16. The first-order valence-electron chi connectivity index (χ1n) is 9.77. The third-order valence-electron chi connectivity index (χ3n) is 5.04. The van der Waals surface area contributed by atoms with Crippen LogP contribution in [0.25, 0.3) is 21.3 Å². The van der Waals surface area contributed by atoms with E-state index in [0.29, 0.717) is 18.1 Å². The van der Waals surface area contributed by atoms with Crippen LogP contribution in [0.5, 0.6) is 0 Å². The van der Waals surface area contributed by atoms with E-state index in [2.05, 4.69) is 26.7 Å². The second-order valence-electron chi connectivity index (χ2n) is 7.41. The minimum atomic E-state index is -0.591. The first-order chi connectivity index (χ1) is 14.5. The lowest BCUT2D eigenvalue weighted by atomic mass is 9.77. The zero-order valence-electron chi connectivity index (χ0n) is 16.8. The number of carbonyl (C=O) groups is 2. The lowest BCUT2D eigenvalue weighted by Gasteiger charge is -2.25. The number of amides is 2. The molecule has 6 nitrogen and oxygen atoms in total. The van der Waals surface area contributed by atoms with Crippen molar-refractivity contribution in [3.8, 4) is 11.1 Å². The van der Waals surface area contributed by atoms with Crippen LogP contribution in [0.15, 0.2) is 61.0 Å². The maximum Gasteiger partial charge on any atom is 0.321 e. The number of hydrogen-bond donors (Lipinski definition) is 2. The fourth-order valence-corrected chi connectivity index (χ4v) is 4.52. The van der Waals surface area contributed by atoms with E-state index in [1.165, 1.54) is 11.3 Å². The highest BCUT2D eigenvalue weighted by atomic mass is 32.1. The Balaban J connectivity index is 1.78. The number of anilines is 1. The molecular weight excluding hydrogens is 396 g/mol. The molecule has 2 heterocycles. The molecule has 0 saturated heterocycles. The highest BCUT2D eigenvalue weighted by Crippen LogP contribution is 2.38. The van der Waals surface area contributed by atoms with E-state index in [0.717, 1.165) is 26.9 Å². The number of carbonyl (C=O) groups excluding carboxylic acids is 2. The van der Waals surface area contributed by atoms with E-state index in [4.69, 9.17) is 0 Å². The van der Waals surface area contributed by atoms with Crippen LogP contribution < -0.4 is 10.6 Å². The second kappa shape index (κ2) is 8.20. The lowest BCUT2D eigenvalue weighted by molar-refractivity contribution is -0.120. The van der Waals surface area contributed by atoms with Crippen LogP contribution in [0.4, 0.5) is 9.93 Å². The molecule has 2 aromatic heterocycles. The van der Waals surface area contributed by atoms with E-state index in [1.807, 2.05) is 50.4 Å². The van der Waals surface area contributed by atoms with E-state index in [1.54, 1.807) is 18.3 Å². The number of benzene rings is 1. The van der Waals surface area contributed by atoms with Crippen molar-refractivity contribution in [2.75, 3.05) is 11.9 Å². The summed E-state index contributed by atoms with van der Waals surface area (Å²) >= 11 is 1.42. The standard InChI is InChI=1S/C23H22N4O2S/c1-3-25-21(29)27-22-26-18-12-15(13-23(2)9-5-4-8-19(23)28)11-17(20(18)30-22)16-7-6-10-24-14-16/h4-12,14H,3,13H2,1-2H3,(H2,25,26,27,29). The van der Waals surface area contributed by atoms with Crippen LogP contribution in [0.1, 0.15) is 19.4 Å². The van der Waals surface area contributed by atoms with Crippen molar-refractivity contribution in [2.45, 2.75) is 20.3 Å². The van der Waals surface area contributed by atoms with Crippen molar-refractivity contribution >= 4 is 38.5 Å². The maximum atomic E-state index is 12.5. The van der Waals surface area contributed by atoms with Crippen molar-refractivity contribution in [2.24, 2.45) is 5.41 Å². The zero-order valence-corrected chi connectivity index (χ0v) is 17.6. The van der Waals surface area contributed by atoms with Gasteiger partial charge in [0, 0.05) is 30.1 Å². The Hall–Kier alpha value is -3.32. The van der Waals surface area contributed by atoms with Gasteiger partial charge < -0.3 is 5.32 Å².